The van der Waals surface area contributed by atoms with E-state index in [9.17, 15) is 9.50 Å². The van der Waals surface area contributed by atoms with Gasteiger partial charge in [0.1, 0.15) is 5.82 Å². The number of hydrogen-bond donors (Lipinski definition) is 2. The number of benzene rings is 1. The topological polar surface area (TPSA) is 47.9 Å². The Kier molecular flexibility index (Phi) is 8.40. The molecule has 0 bridgehead atoms. The molecule has 1 saturated heterocycles. The average molecular weight is 474 g/mol. The van der Waals surface area contributed by atoms with Gasteiger partial charge in [-0.25, -0.2) is 4.39 Å². The molecule has 0 radical (unpaired) electrons. The number of halogens is 3. The van der Waals surface area contributed by atoms with Crippen LogP contribution in [0.4, 0.5) is 4.39 Å². The van der Waals surface area contributed by atoms with Crippen molar-refractivity contribution in [3.8, 4) is 0 Å². The molecule has 1 aliphatic rings. The zero-order valence-electron chi connectivity index (χ0n) is 13.2. The molecule has 1 fully saturated rings. The van der Waals surface area contributed by atoms with Gasteiger partial charge >= 0.3 is 0 Å². The summed E-state index contributed by atoms with van der Waals surface area (Å²) in [6, 6.07) is 4.65. The predicted octanol–water partition coefficient (Wildman–Crippen LogP) is 2.97. The summed E-state index contributed by atoms with van der Waals surface area (Å²) in [4.78, 5) is 5.97. The van der Waals surface area contributed by atoms with Gasteiger partial charge in [0, 0.05) is 43.5 Å². The Morgan fingerprint density at radius 2 is 2.30 bits per heavy atom. The molecule has 0 aliphatic carbocycles. The van der Waals surface area contributed by atoms with Crippen molar-refractivity contribution in [1.82, 2.24) is 10.2 Å². The monoisotopic (exact) mass is 473 g/mol. The molecule has 4 nitrogen and oxygen atoms in total. The number of guanidine groups is 1. The lowest BCUT2D eigenvalue weighted by molar-refractivity contribution is 0.0718. The highest BCUT2D eigenvalue weighted by Crippen LogP contribution is 2.27. The molecule has 1 aromatic rings. The molecule has 0 saturated carbocycles. The van der Waals surface area contributed by atoms with E-state index >= 15 is 0 Å². The van der Waals surface area contributed by atoms with Gasteiger partial charge in [-0.3, -0.25) is 4.99 Å². The van der Waals surface area contributed by atoms with Crippen molar-refractivity contribution in [3.05, 3.63) is 34.6 Å². The van der Waals surface area contributed by atoms with Gasteiger partial charge in [-0.05, 0) is 24.3 Å². The third-order valence-corrected chi connectivity index (χ3v) is 5.28. The fourth-order valence-corrected chi connectivity index (χ4v) is 3.88. The number of aliphatic imine (C=N–C) groups is 1. The van der Waals surface area contributed by atoms with Crippen LogP contribution < -0.4 is 5.32 Å². The van der Waals surface area contributed by atoms with E-state index < -0.39 is 5.60 Å². The number of nitrogens with one attached hydrogen (secondary N) is 1. The van der Waals surface area contributed by atoms with Gasteiger partial charge in [-0.2, -0.15) is 11.8 Å². The standard InChI is InChI=1S/C15H21ClFN3OS.HI/c1-18-14(19-9-15(21)6-7-22-10-15)20(2)8-11-12(16)4-3-5-13(11)17;/h3-5,21H,6-10H2,1-2H3,(H,18,19);1H. The van der Waals surface area contributed by atoms with Crippen LogP contribution in [-0.2, 0) is 6.54 Å². The molecule has 8 heteroatoms. The summed E-state index contributed by atoms with van der Waals surface area (Å²) >= 11 is 7.80. The number of thioether (sulfide) groups is 1. The van der Waals surface area contributed by atoms with Crippen molar-refractivity contribution in [2.24, 2.45) is 4.99 Å². The third kappa shape index (κ3) is 5.65. The van der Waals surface area contributed by atoms with E-state index in [2.05, 4.69) is 10.3 Å². The Hall–Kier alpha value is -0.250. The molecule has 1 unspecified atom stereocenters. The number of rotatable bonds is 4. The fourth-order valence-electron chi connectivity index (χ4n) is 2.36. The maximum absolute atomic E-state index is 13.9. The van der Waals surface area contributed by atoms with Crippen LogP contribution in [0, 0.1) is 5.82 Å². The number of aliphatic hydroxyl groups is 1. The van der Waals surface area contributed by atoms with Crippen molar-refractivity contribution >= 4 is 53.3 Å². The zero-order valence-corrected chi connectivity index (χ0v) is 17.1. The van der Waals surface area contributed by atoms with Crippen molar-refractivity contribution in [3.63, 3.8) is 0 Å². The van der Waals surface area contributed by atoms with Crippen LogP contribution in [-0.4, -0.2) is 53.7 Å². The maximum atomic E-state index is 13.9. The van der Waals surface area contributed by atoms with E-state index in [4.69, 9.17) is 11.6 Å². The second kappa shape index (κ2) is 9.29. The van der Waals surface area contributed by atoms with Crippen LogP contribution in [0.3, 0.4) is 0 Å². The van der Waals surface area contributed by atoms with Gasteiger partial charge in [-0.1, -0.05) is 17.7 Å². The smallest absolute Gasteiger partial charge is 0.193 e. The molecule has 1 aromatic carbocycles. The maximum Gasteiger partial charge on any atom is 0.193 e. The molecule has 2 rings (SSSR count). The Morgan fingerprint density at radius 3 is 2.87 bits per heavy atom. The van der Waals surface area contributed by atoms with Gasteiger partial charge in [0.2, 0.25) is 0 Å². The van der Waals surface area contributed by atoms with Crippen molar-refractivity contribution < 1.29 is 9.50 Å². The zero-order chi connectivity index (χ0) is 16.2. The van der Waals surface area contributed by atoms with Gasteiger partial charge in [0.15, 0.2) is 5.96 Å². The highest BCUT2D eigenvalue weighted by atomic mass is 127. The van der Waals surface area contributed by atoms with Crippen LogP contribution in [0.2, 0.25) is 5.02 Å². The van der Waals surface area contributed by atoms with Crippen molar-refractivity contribution in [2.45, 2.75) is 18.6 Å². The van der Waals surface area contributed by atoms with Crippen LogP contribution in [0.5, 0.6) is 0 Å². The van der Waals surface area contributed by atoms with Crippen molar-refractivity contribution in [1.29, 1.82) is 0 Å². The second-order valence-electron chi connectivity index (χ2n) is 5.48. The first kappa shape index (κ1) is 20.8. The normalized spacial score (nSPS) is 21.0. The lowest BCUT2D eigenvalue weighted by Crippen LogP contribution is -2.47. The van der Waals surface area contributed by atoms with E-state index in [1.54, 1.807) is 35.8 Å². The minimum absolute atomic E-state index is 0. The molecular formula is C15H22ClFIN3OS. The quantitative estimate of drug-likeness (QED) is 0.401. The second-order valence-corrected chi connectivity index (χ2v) is 7.00. The Labute approximate surface area is 162 Å². The van der Waals surface area contributed by atoms with Gasteiger partial charge in [-0.15, -0.1) is 24.0 Å². The fraction of sp³-hybridized carbons (Fsp3) is 0.533. The molecule has 1 aliphatic heterocycles. The summed E-state index contributed by atoms with van der Waals surface area (Å²) in [6.45, 7) is 0.736. The summed E-state index contributed by atoms with van der Waals surface area (Å²) in [5.74, 6) is 1.96. The molecule has 2 N–H and O–H groups in total. The molecule has 1 atom stereocenters. The lowest BCUT2D eigenvalue weighted by Gasteiger charge is -2.27. The molecule has 130 valence electrons. The third-order valence-electron chi connectivity index (χ3n) is 3.69. The molecule has 1 heterocycles. The van der Waals surface area contributed by atoms with E-state index in [-0.39, 0.29) is 29.8 Å². The molecular weight excluding hydrogens is 452 g/mol. The number of nitrogens with zero attached hydrogens (tertiary/aromatic N) is 2. The molecule has 0 amide bonds. The summed E-state index contributed by atoms with van der Waals surface area (Å²) < 4.78 is 13.9. The number of hydrogen-bond acceptors (Lipinski definition) is 3. The largest absolute Gasteiger partial charge is 0.387 e. The van der Waals surface area contributed by atoms with Crippen LogP contribution in [0.15, 0.2) is 23.2 Å². The predicted molar refractivity (Wildman–Crippen MR) is 107 cm³/mol. The first-order valence-electron chi connectivity index (χ1n) is 7.10. The Bertz CT molecular complexity index is 535. The molecule has 0 aromatic heterocycles. The lowest BCUT2D eigenvalue weighted by atomic mass is 10.0. The Balaban J connectivity index is 0.00000264. The van der Waals surface area contributed by atoms with E-state index in [1.807, 2.05) is 7.05 Å². The van der Waals surface area contributed by atoms with Crippen molar-refractivity contribution in [2.75, 3.05) is 32.1 Å². The summed E-state index contributed by atoms with van der Waals surface area (Å²) in [5.41, 5.74) is -0.262. The SMILES string of the molecule is CN=C(NCC1(O)CCSC1)N(C)Cc1c(F)cccc1Cl.I. The minimum Gasteiger partial charge on any atom is -0.387 e. The highest BCUT2D eigenvalue weighted by Gasteiger charge is 2.32. The van der Waals surface area contributed by atoms with Gasteiger partial charge in [0.05, 0.1) is 5.60 Å². The first-order valence-corrected chi connectivity index (χ1v) is 8.63. The Morgan fingerprint density at radius 1 is 1.57 bits per heavy atom. The summed E-state index contributed by atoms with van der Waals surface area (Å²) in [5, 5.41) is 13.9. The summed E-state index contributed by atoms with van der Waals surface area (Å²) in [7, 11) is 3.47. The van der Waals surface area contributed by atoms with Crippen LogP contribution in [0.1, 0.15) is 12.0 Å². The molecule has 23 heavy (non-hydrogen) atoms. The van der Waals surface area contributed by atoms with E-state index in [0.717, 1.165) is 17.9 Å². The van der Waals surface area contributed by atoms with Gasteiger partial charge in [0.25, 0.3) is 0 Å². The van der Waals surface area contributed by atoms with E-state index in [0.29, 0.717) is 29.6 Å². The molecule has 0 spiro atoms. The summed E-state index contributed by atoms with van der Waals surface area (Å²) in [6.07, 6.45) is 0.768. The highest BCUT2D eigenvalue weighted by molar-refractivity contribution is 14.0. The minimum atomic E-state index is -0.697. The van der Waals surface area contributed by atoms with Gasteiger partial charge < -0.3 is 15.3 Å². The first-order chi connectivity index (χ1) is 10.4. The van der Waals surface area contributed by atoms with Crippen LogP contribution >= 0.6 is 47.3 Å². The van der Waals surface area contributed by atoms with Crippen LogP contribution in [0.25, 0.3) is 0 Å². The average Bonchev–Trinajstić information content (AvgIpc) is 2.91. The van der Waals surface area contributed by atoms with E-state index in [1.165, 1.54) is 6.07 Å².